The summed E-state index contributed by atoms with van der Waals surface area (Å²) in [4.78, 5) is 20.2. The first kappa shape index (κ1) is 14.7. The molecule has 0 aliphatic heterocycles. The molecular weight excluding hydrogens is 296 g/mol. The number of carbonyl (C=O) groups excluding carboxylic acids is 1. The molecule has 0 unspecified atom stereocenters. The molecule has 7 heteroatoms. The Morgan fingerprint density at radius 1 is 1.22 bits per heavy atom. The molecule has 116 valence electrons. The number of methoxy groups -OCH3 is 1. The van der Waals surface area contributed by atoms with Crippen molar-refractivity contribution < 1.29 is 14.1 Å². The van der Waals surface area contributed by atoms with E-state index in [0.717, 1.165) is 11.3 Å². The van der Waals surface area contributed by atoms with Crippen molar-refractivity contribution in [3.05, 3.63) is 60.1 Å². The highest BCUT2D eigenvalue weighted by Crippen LogP contribution is 2.13. The van der Waals surface area contributed by atoms with Gasteiger partial charge in [0.2, 0.25) is 5.82 Å². The van der Waals surface area contributed by atoms with Gasteiger partial charge in [0.15, 0.2) is 0 Å². The number of aromatic nitrogens is 3. The van der Waals surface area contributed by atoms with Crippen LogP contribution in [0.4, 0.5) is 0 Å². The smallest absolute Gasteiger partial charge is 0.316 e. The van der Waals surface area contributed by atoms with Gasteiger partial charge in [0.05, 0.1) is 7.11 Å². The van der Waals surface area contributed by atoms with Gasteiger partial charge in [-0.3, -0.25) is 9.78 Å². The lowest BCUT2D eigenvalue weighted by Gasteiger charge is -2.04. The fourth-order valence-corrected chi connectivity index (χ4v) is 1.92. The lowest BCUT2D eigenvalue weighted by atomic mass is 10.2. The third-order valence-electron chi connectivity index (χ3n) is 3.13. The van der Waals surface area contributed by atoms with Crippen molar-refractivity contribution in [3.63, 3.8) is 0 Å². The van der Waals surface area contributed by atoms with Gasteiger partial charge in [0.25, 0.3) is 0 Å². The van der Waals surface area contributed by atoms with E-state index in [1.54, 1.807) is 25.4 Å². The maximum Gasteiger partial charge on any atom is 0.316 e. The molecule has 2 aromatic heterocycles. The number of benzene rings is 1. The summed E-state index contributed by atoms with van der Waals surface area (Å²) in [7, 11) is 1.60. The lowest BCUT2D eigenvalue weighted by Crippen LogP contribution is -2.23. The minimum absolute atomic E-state index is 0.0980. The molecule has 2 heterocycles. The van der Waals surface area contributed by atoms with Gasteiger partial charge in [-0.05, 0) is 29.8 Å². The standard InChI is InChI=1S/C16H14N4O3/c1-22-12-7-5-11(6-8-12)10-18-15(21)16-19-14(20-23-16)13-4-2-3-9-17-13/h2-9H,10H2,1H3,(H,18,21). The van der Waals surface area contributed by atoms with Gasteiger partial charge in [-0.2, -0.15) is 4.98 Å². The Morgan fingerprint density at radius 3 is 2.74 bits per heavy atom. The lowest BCUT2D eigenvalue weighted by molar-refractivity contribution is 0.0907. The molecule has 0 aliphatic carbocycles. The second kappa shape index (κ2) is 6.69. The van der Waals surface area contributed by atoms with Gasteiger partial charge in [-0.25, -0.2) is 0 Å². The van der Waals surface area contributed by atoms with Crippen molar-refractivity contribution in [2.24, 2.45) is 0 Å². The number of ether oxygens (including phenoxy) is 1. The Balaban J connectivity index is 1.63. The van der Waals surface area contributed by atoms with Gasteiger partial charge in [0.1, 0.15) is 11.4 Å². The number of amides is 1. The highest BCUT2D eigenvalue weighted by molar-refractivity contribution is 5.89. The molecular formula is C16H14N4O3. The first-order chi connectivity index (χ1) is 11.3. The van der Waals surface area contributed by atoms with Gasteiger partial charge in [-0.1, -0.05) is 23.4 Å². The molecule has 1 aromatic carbocycles. The maximum absolute atomic E-state index is 12.0. The number of nitrogens with zero attached hydrogens (tertiary/aromatic N) is 3. The Morgan fingerprint density at radius 2 is 2.04 bits per heavy atom. The Kier molecular flexibility index (Phi) is 4.28. The molecule has 1 amide bonds. The topological polar surface area (TPSA) is 90.1 Å². The van der Waals surface area contributed by atoms with E-state index in [1.807, 2.05) is 30.3 Å². The molecule has 0 saturated heterocycles. The molecule has 23 heavy (non-hydrogen) atoms. The van der Waals surface area contributed by atoms with Crippen LogP contribution in [0.2, 0.25) is 0 Å². The highest BCUT2D eigenvalue weighted by atomic mass is 16.5. The fourth-order valence-electron chi connectivity index (χ4n) is 1.92. The SMILES string of the molecule is COc1ccc(CNC(=O)c2nc(-c3ccccn3)no2)cc1. The molecule has 0 atom stereocenters. The molecule has 1 N–H and O–H groups in total. The van der Waals surface area contributed by atoms with E-state index in [1.165, 1.54) is 0 Å². The predicted octanol–water partition coefficient (Wildman–Crippen LogP) is 2.07. The number of nitrogens with one attached hydrogen (secondary N) is 1. The van der Waals surface area contributed by atoms with E-state index >= 15 is 0 Å². The maximum atomic E-state index is 12.0. The zero-order valence-corrected chi connectivity index (χ0v) is 12.4. The number of carbonyl (C=O) groups is 1. The molecule has 0 radical (unpaired) electrons. The van der Waals surface area contributed by atoms with Crippen molar-refractivity contribution in [2.45, 2.75) is 6.54 Å². The van der Waals surface area contributed by atoms with Crippen LogP contribution >= 0.6 is 0 Å². The quantitative estimate of drug-likeness (QED) is 0.776. The summed E-state index contributed by atoms with van der Waals surface area (Å²) in [6.45, 7) is 0.351. The van der Waals surface area contributed by atoms with E-state index in [-0.39, 0.29) is 11.7 Å². The molecule has 0 saturated carbocycles. The summed E-state index contributed by atoms with van der Waals surface area (Å²) >= 11 is 0. The average molecular weight is 310 g/mol. The Hall–Kier alpha value is -3.22. The molecule has 0 bridgehead atoms. The highest BCUT2D eigenvalue weighted by Gasteiger charge is 2.16. The van der Waals surface area contributed by atoms with Crippen molar-refractivity contribution in [3.8, 4) is 17.3 Å². The van der Waals surface area contributed by atoms with Crippen LogP contribution in [0.5, 0.6) is 5.75 Å². The van der Waals surface area contributed by atoms with E-state index in [4.69, 9.17) is 9.26 Å². The van der Waals surface area contributed by atoms with Crippen molar-refractivity contribution in [1.82, 2.24) is 20.4 Å². The number of rotatable bonds is 5. The van der Waals surface area contributed by atoms with Crippen LogP contribution in [0.1, 0.15) is 16.2 Å². The van der Waals surface area contributed by atoms with Crippen molar-refractivity contribution in [2.75, 3.05) is 7.11 Å². The Bertz CT molecular complexity index is 785. The monoisotopic (exact) mass is 310 g/mol. The second-order valence-electron chi connectivity index (χ2n) is 4.67. The summed E-state index contributed by atoms with van der Waals surface area (Å²) in [5.41, 5.74) is 1.48. The normalized spacial score (nSPS) is 10.3. The summed E-state index contributed by atoms with van der Waals surface area (Å²) in [6.07, 6.45) is 1.62. The van der Waals surface area contributed by atoms with Gasteiger partial charge < -0.3 is 14.6 Å². The number of pyridine rings is 1. The van der Waals surface area contributed by atoms with Gasteiger partial charge in [-0.15, -0.1) is 0 Å². The average Bonchev–Trinajstić information content (AvgIpc) is 3.11. The van der Waals surface area contributed by atoms with Crippen molar-refractivity contribution >= 4 is 5.91 Å². The predicted molar refractivity (Wildman–Crippen MR) is 81.7 cm³/mol. The molecule has 7 nitrogen and oxygen atoms in total. The van der Waals surface area contributed by atoms with Gasteiger partial charge >= 0.3 is 11.8 Å². The van der Waals surface area contributed by atoms with E-state index in [9.17, 15) is 4.79 Å². The third-order valence-corrected chi connectivity index (χ3v) is 3.13. The van der Waals surface area contributed by atoms with Crippen LogP contribution in [0.25, 0.3) is 11.5 Å². The number of hydrogen-bond acceptors (Lipinski definition) is 6. The number of hydrogen-bond donors (Lipinski definition) is 1. The Labute approximate surface area is 132 Å². The minimum atomic E-state index is -0.435. The molecule has 0 fully saturated rings. The third kappa shape index (κ3) is 3.52. The molecule has 0 spiro atoms. The zero-order chi connectivity index (χ0) is 16.1. The summed E-state index contributed by atoms with van der Waals surface area (Å²) in [6, 6.07) is 12.7. The molecule has 0 aliphatic rings. The molecule has 3 aromatic rings. The van der Waals surface area contributed by atoms with Crippen molar-refractivity contribution in [1.29, 1.82) is 0 Å². The van der Waals surface area contributed by atoms with Crippen LogP contribution in [-0.4, -0.2) is 28.1 Å². The van der Waals surface area contributed by atoms with E-state index < -0.39 is 5.91 Å². The summed E-state index contributed by atoms with van der Waals surface area (Å²) in [5, 5.41) is 6.48. The van der Waals surface area contributed by atoms with Gasteiger partial charge in [0, 0.05) is 12.7 Å². The summed E-state index contributed by atoms with van der Waals surface area (Å²) < 4.78 is 10.1. The van der Waals surface area contributed by atoms with Crippen LogP contribution in [0.3, 0.4) is 0 Å². The fraction of sp³-hybridized carbons (Fsp3) is 0.125. The minimum Gasteiger partial charge on any atom is -0.497 e. The van der Waals surface area contributed by atoms with Crippen LogP contribution in [0.15, 0.2) is 53.2 Å². The van der Waals surface area contributed by atoms with E-state index in [0.29, 0.717) is 12.2 Å². The summed E-state index contributed by atoms with van der Waals surface area (Å²) in [5.74, 6) is 0.506. The molecule has 3 rings (SSSR count). The largest absolute Gasteiger partial charge is 0.497 e. The van der Waals surface area contributed by atoms with E-state index in [2.05, 4.69) is 20.4 Å². The first-order valence-electron chi connectivity index (χ1n) is 6.92. The van der Waals surface area contributed by atoms with Crippen LogP contribution in [-0.2, 0) is 6.54 Å². The second-order valence-corrected chi connectivity index (χ2v) is 4.67. The zero-order valence-electron chi connectivity index (χ0n) is 12.4. The first-order valence-corrected chi connectivity index (χ1v) is 6.92. The van der Waals surface area contributed by atoms with Crippen LogP contribution < -0.4 is 10.1 Å². The van der Waals surface area contributed by atoms with Crippen LogP contribution in [0, 0.1) is 0 Å².